The molecule has 0 bridgehead atoms. The molecule has 0 saturated heterocycles. The Morgan fingerprint density at radius 2 is 1.00 bits per heavy atom. The van der Waals surface area contributed by atoms with Gasteiger partial charge in [-0.15, -0.1) is 0 Å². The summed E-state index contributed by atoms with van der Waals surface area (Å²) in [5.41, 5.74) is 12.0. The first kappa shape index (κ1) is 30.0. The maximum absolute atomic E-state index is 6.74. The predicted molar refractivity (Wildman–Crippen MR) is 220 cm³/mol. The van der Waals surface area contributed by atoms with Gasteiger partial charge in [0.25, 0.3) is 0 Å². The van der Waals surface area contributed by atoms with Crippen molar-refractivity contribution in [2.45, 2.75) is 0 Å². The Morgan fingerprint density at radius 3 is 1.85 bits per heavy atom. The Balaban J connectivity index is 1.12. The SMILES string of the molecule is c1ccc(-c2cccc3ccc(-c4ccc(N(c5ccccc5)c5ccc(-c6ccc7ccccc7c6)c6oc7ccccc7c56)cc4)cc23)cc1. The van der Waals surface area contributed by atoms with Crippen LogP contribution in [-0.4, -0.2) is 0 Å². The maximum Gasteiger partial charge on any atom is 0.145 e. The number of nitrogens with zero attached hydrogens (tertiary/aromatic N) is 1. The van der Waals surface area contributed by atoms with E-state index >= 15 is 0 Å². The largest absolute Gasteiger partial charge is 0.455 e. The van der Waals surface area contributed by atoms with Crippen molar-refractivity contribution in [3.63, 3.8) is 0 Å². The van der Waals surface area contributed by atoms with Gasteiger partial charge in [-0.3, -0.25) is 0 Å². The third kappa shape index (κ3) is 5.12. The highest BCUT2D eigenvalue weighted by molar-refractivity contribution is 6.17. The van der Waals surface area contributed by atoms with Crippen LogP contribution in [0.15, 0.2) is 205 Å². The highest BCUT2D eigenvalue weighted by Gasteiger charge is 2.22. The van der Waals surface area contributed by atoms with Crippen molar-refractivity contribution >= 4 is 60.5 Å². The first-order valence-corrected chi connectivity index (χ1v) is 17.8. The van der Waals surface area contributed by atoms with Crippen LogP contribution in [0.1, 0.15) is 0 Å². The molecule has 0 unspecified atom stereocenters. The molecule has 0 amide bonds. The Hall–Kier alpha value is -6.90. The van der Waals surface area contributed by atoms with E-state index in [1.165, 1.54) is 43.8 Å². The molecular formula is C50H33NO. The second kappa shape index (κ2) is 12.5. The van der Waals surface area contributed by atoms with Gasteiger partial charge in [-0.1, -0.05) is 146 Å². The van der Waals surface area contributed by atoms with Gasteiger partial charge in [-0.2, -0.15) is 0 Å². The number of benzene rings is 9. The lowest BCUT2D eigenvalue weighted by Gasteiger charge is -2.27. The Bertz CT molecular complexity index is 2890. The molecule has 0 aliphatic rings. The molecule has 9 aromatic carbocycles. The van der Waals surface area contributed by atoms with Crippen molar-refractivity contribution in [1.29, 1.82) is 0 Å². The molecule has 10 rings (SSSR count). The van der Waals surface area contributed by atoms with Gasteiger partial charge in [0, 0.05) is 22.3 Å². The number of furan rings is 1. The van der Waals surface area contributed by atoms with Crippen molar-refractivity contribution in [1.82, 2.24) is 0 Å². The van der Waals surface area contributed by atoms with Gasteiger partial charge < -0.3 is 9.32 Å². The molecule has 52 heavy (non-hydrogen) atoms. The second-order valence-corrected chi connectivity index (χ2v) is 13.3. The average molecular weight is 664 g/mol. The van der Waals surface area contributed by atoms with Gasteiger partial charge in [0.2, 0.25) is 0 Å². The summed E-state index contributed by atoms with van der Waals surface area (Å²) >= 11 is 0. The van der Waals surface area contributed by atoms with Crippen molar-refractivity contribution in [2.75, 3.05) is 4.90 Å². The average Bonchev–Trinajstić information content (AvgIpc) is 3.61. The highest BCUT2D eigenvalue weighted by atomic mass is 16.3. The van der Waals surface area contributed by atoms with Gasteiger partial charge >= 0.3 is 0 Å². The molecule has 0 N–H and O–H groups in total. The summed E-state index contributed by atoms with van der Waals surface area (Å²) in [5.74, 6) is 0. The molecule has 1 aromatic heterocycles. The summed E-state index contributed by atoms with van der Waals surface area (Å²) in [4.78, 5) is 2.35. The molecule has 0 aliphatic heterocycles. The van der Waals surface area contributed by atoms with Crippen LogP contribution in [0.4, 0.5) is 17.1 Å². The summed E-state index contributed by atoms with van der Waals surface area (Å²) in [6.07, 6.45) is 0. The van der Waals surface area contributed by atoms with E-state index in [4.69, 9.17) is 4.42 Å². The number of para-hydroxylation sites is 2. The van der Waals surface area contributed by atoms with E-state index in [0.717, 1.165) is 50.1 Å². The molecule has 0 saturated carbocycles. The molecule has 0 radical (unpaired) electrons. The third-order valence-corrected chi connectivity index (χ3v) is 10.2. The molecule has 0 atom stereocenters. The number of fused-ring (bicyclic) bond motifs is 5. The zero-order chi connectivity index (χ0) is 34.4. The lowest BCUT2D eigenvalue weighted by Crippen LogP contribution is -2.10. The van der Waals surface area contributed by atoms with E-state index < -0.39 is 0 Å². The third-order valence-electron chi connectivity index (χ3n) is 10.2. The van der Waals surface area contributed by atoms with E-state index in [1.54, 1.807) is 0 Å². The zero-order valence-electron chi connectivity index (χ0n) is 28.4. The normalized spacial score (nSPS) is 11.5. The molecule has 0 spiro atoms. The van der Waals surface area contributed by atoms with E-state index in [0.29, 0.717) is 0 Å². The van der Waals surface area contributed by atoms with Crippen LogP contribution in [0.25, 0.3) is 76.9 Å². The monoisotopic (exact) mass is 663 g/mol. The van der Waals surface area contributed by atoms with Crippen LogP contribution in [-0.2, 0) is 0 Å². The molecule has 0 aliphatic carbocycles. The fraction of sp³-hybridized carbons (Fsp3) is 0. The van der Waals surface area contributed by atoms with Crippen molar-refractivity contribution in [2.24, 2.45) is 0 Å². The van der Waals surface area contributed by atoms with Crippen LogP contribution >= 0.6 is 0 Å². The summed E-state index contributed by atoms with van der Waals surface area (Å²) in [6, 6.07) is 71.6. The lowest BCUT2D eigenvalue weighted by atomic mass is 9.94. The van der Waals surface area contributed by atoms with Crippen LogP contribution in [0.5, 0.6) is 0 Å². The van der Waals surface area contributed by atoms with E-state index in [2.05, 4.69) is 199 Å². The van der Waals surface area contributed by atoms with Crippen molar-refractivity contribution in [3.05, 3.63) is 200 Å². The minimum atomic E-state index is 0.876. The summed E-state index contributed by atoms with van der Waals surface area (Å²) in [6.45, 7) is 0. The number of hydrogen-bond donors (Lipinski definition) is 0. The first-order valence-electron chi connectivity index (χ1n) is 17.8. The Labute approximate surface area is 302 Å². The Morgan fingerprint density at radius 1 is 0.346 bits per heavy atom. The minimum Gasteiger partial charge on any atom is -0.455 e. The van der Waals surface area contributed by atoms with E-state index in [1.807, 2.05) is 6.07 Å². The highest BCUT2D eigenvalue weighted by Crippen LogP contribution is 2.46. The number of anilines is 3. The maximum atomic E-state index is 6.74. The van der Waals surface area contributed by atoms with E-state index in [-0.39, 0.29) is 0 Å². The summed E-state index contributed by atoms with van der Waals surface area (Å²) < 4.78 is 6.74. The molecule has 10 aromatic rings. The van der Waals surface area contributed by atoms with E-state index in [9.17, 15) is 0 Å². The molecular weight excluding hydrogens is 631 g/mol. The fourth-order valence-electron chi connectivity index (χ4n) is 7.71. The topological polar surface area (TPSA) is 16.4 Å². The van der Waals surface area contributed by atoms with Gasteiger partial charge in [-0.25, -0.2) is 0 Å². The zero-order valence-corrected chi connectivity index (χ0v) is 28.4. The summed E-state index contributed by atoms with van der Waals surface area (Å²) in [5, 5.41) is 7.11. The van der Waals surface area contributed by atoms with Gasteiger partial charge in [0.05, 0.1) is 11.1 Å². The molecule has 2 nitrogen and oxygen atoms in total. The number of hydrogen-bond acceptors (Lipinski definition) is 2. The predicted octanol–water partition coefficient (Wildman–Crippen LogP) is 14.4. The minimum absolute atomic E-state index is 0.876. The van der Waals surface area contributed by atoms with Crippen LogP contribution < -0.4 is 4.90 Å². The Kier molecular flexibility index (Phi) is 7.18. The lowest BCUT2D eigenvalue weighted by molar-refractivity contribution is 0.670. The van der Waals surface area contributed by atoms with Crippen molar-refractivity contribution < 1.29 is 4.42 Å². The van der Waals surface area contributed by atoms with Gasteiger partial charge in [0.15, 0.2) is 0 Å². The van der Waals surface area contributed by atoms with Crippen LogP contribution in [0.3, 0.4) is 0 Å². The quantitative estimate of drug-likeness (QED) is 0.176. The molecule has 0 fully saturated rings. The first-order chi connectivity index (χ1) is 25.8. The number of rotatable bonds is 6. The van der Waals surface area contributed by atoms with Gasteiger partial charge in [0.1, 0.15) is 11.2 Å². The molecule has 1 heterocycles. The smallest absolute Gasteiger partial charge is 0.145 e. The van der Waals surface area contributed by atoms with Crippen LogP contribution in [0.2, 0.25) is 0 Å². The van der Waals surface area contributed by atoms with Gasteiger partial charge in [-0.05, 0) is 104 Å². The fourth-order valence-corrected chi connectivity index (χ4v) is 7.71. The molecule has 244 valence electrons. The standard InChI is InChI=1S/C50H33NO/c1-3-13-36(14-4-1)43-20-11-16-37-23-24-39(33-46(37)43)35-26-28-42(29-27-35)51(41-17-5-2-6-18-41)47-31-30-44(40-25-22-34-12-7-8-15-38(34)32-40)50-49(47)45-19-9-10-21-48(45)52-50/h1-33H. The van der Waals surface area contributed by atoms with Crippen LogP contribution in [0, 0.1) is 0 Å². The summed E-state index contributed by atoms with van der Waals surface area (Å²) in [7, 11) is 0. The second-order valence-electron chi connectivity index (χ2n) is 13.3. The van der Waals surface area contributed by atoms with Crippen molar-refractivity contribution in [3.8, 4) is 33.4 Å². The molecule has 2 heteroatoms.